The number of carbonyl (C=O) groups excluding carboxylic acids is 1. The number of hydrogen-bond donors (Lipinski definition) is 2. The number of rotatable bonds is 7. The van der Waals surface area contributed by atoms with E-state index in [0.29, 0.717) is 33.3 Å². The fourth-order valence-electron chi connectivity index (χ4n) is 2.71. The van der Waals surface area contributed by atoms with Crippen LogP contribution in [0.25, 0.3) is 10.4 Å². The van der Waals surface area contributed by atoms with Crippen molar-refractivity contribution in [3.63, 3.8) is 0 Å². The lowest BCUT2D eigenvalue weighted by Crippen LogP contribution is -2.12. The van der Waals surface area contributed by atoms with E-state index in [2.05, 4.69) is 16.4 Å². The van der Waals surface area contributed by atoms with Crippen LogP contribution in [-0.4, -0.2) is 23.8 Å². The van der Waals surface area contributed by atoms with Crippen molar-refractivity contribution < 1.29 is 9.53 Å². The molecule has 1 amide bonds. The van der Waals surface area contributed by atoms with E-state index in [0.717, 1.165) is 4.88 Å². The van der Waals surface area contributed by atoms with Gasteiger partial charge in [0.05, 0.1) is 12.7 Å². The van der Waals surface area contributed by atoms with Crippen molar-refractivity contribution in [3.8, 4) is 28.3 Å². The van der Waals surface area contributed by atoms with Crippen molar-refractivity contribution in [3.05, 3.63) is 52.9 Å². The summed E-state index contributed by atoms with van der Waals surface area (Å²) in [6, 6.07) is 14.9. The summed E-state index contributed by atoms with van der Waals surface area (Å²) in [7, 11) is 1.58. The van der Waals surface area contributed by atoms with Gasteiger partial charge in [0.15, 0.2) is 0 Å². The molecule has 150 valence electrons. The fourth-order valence-corrected chi connectivity index (χ4v) is 4.43. The van der Waals surface area contributed by atoms with Crippen LogP contribution >= 0.6 is 23.1 Å². The monoisotopic (exact) mass is 435 g/mol. The van der Waals surface area contributed by atoms with Gasteiger partial charge in [-0.1, -0.05) is 6.07 Å². The minimum atomic E-state index is -0.161. The van der Waals surface area contributed by atoms with Crippen molar-refractivity contribution in [2.24, 2.45) is 0 Å². The first-order valence-electron chi connectivity index (χ1n) is 8.81. The molecule has 0 aliphatic rings. The number of thioether (sulfide) groups is 1. The second kappa shape index (κ2) is 9.79. The molecule has 1 aromatic carbocycles. The number of ether oxygens (including phenoxy) is 1. The third-order valence-electron chi connectivity index (χ3n) is 4.12. The molecule has 3 N–H and O–H groups in total. The quantitative estimate of drug-likeness (QED) is 0.531. The number of nitrogens with one attached hydrogen (secondary N) is 1. The van der Waals surface area contributed by atoms with Crippen LogP contribution in [-0.2, 0) is 4.79 Å². The number of nitriles is 2. The van der Waals surface area contributed by atoms with Crippen LogP contribution in [0.4, 0.5) is 11.5 Å². The topological polar surface area (TPSA) is 125 Å². The zero-order valence-corrected chi connectivity index (χ0v) is 17.6. The van der Waals surface area contributed by atoms with Gasteiger partial charge in [0.2, 0.25) is 5.91 Å². The van der Waals surface area contributed by atoms with Gasteiger partial charge < -0.3 is 15.8 Å². The number of benzene rings is 1. The highest BCUT2D eigenvalue weighted by atomic mass is 32.2. The molecule has 0 unspecified atom stereocenters. The summed E-state index contributed by atoms with van der Waals surface area (Å²) in [5, 5.41) is 24.3. The fraction of sp³-hybridized carbons (Fsp3) is 0.143. The number of anilines is 2. The Balaban J connectivity index is 1.73. The summed E-state index contributed by atoms with van der Waals surface area (Å²) in [4.78, 5) is 17.2. The molecule has 7 nitrogen and oxygen atoms in total. The minimum absolute atomic E-state index is 0.0742. The molecule has 9 heteroatoms. The number of carbonyl (C=O) groups is 1. The van der Waals surface area contributed by atoms with Gasteiger partial charge in [-0.2, -0.15) is 10.5 Å². The van der Waals surface area contributed by atoms with Crippen LogP contribution in [0, 0.1) is 22.7 Å². The first-order chi connectivity index (χ1) is 14.6. The van der Waals surface area contributed by atoms with E-state index in [1.165, 1.54) is 23.1 Å². The second-order valence-electron chi connectivity index (χ2n) is 6.00. The molecule has 0 fully saturated rings. The Morgan fingerprint density at radius 3 is 2.57 bits per heavy atom. The Morgan fingerprint density at radius 1 is 1.23 bits per heavy atom. The summed E-state index contributed by atoms with van der Waals surface area (Å²) in [5.41, 5.74) is 7.63. The molecule has 0 atom stereocenters. The number of methoxy groups -OCH3 is 1. The predicted octanol–water partition coefficient (Wildman–Crippen LogP) is 4.27. The summed E-state index contributed by atoms with van der Waals surface area (Å²) < 4.78 is 5.09. The molecular formula is C21H17N5O2S2. The van der Waals surface area contributed by atoms with Crippen molar-refractivity contribution in [2.45, 2.75) is 11.4 Å². The van der Waals surface area contributed by atoms with E-state index in [4.69, 9.17) is 10.5 Å². The number of amides is 1. The maximum Gasteiger partial charge on any atom is 0.225 e. The van der Waals surface area contributed by atoms with E-state index in [1.54, 1.807) is 31.4 Å². The number of nitrogens with zero attached hydrogens (tertiary/aromatic N) is 3. The largest absolute Gasteiger partial charge is 0.497 e. The Hall–Kier alpha value is -3.53. The Morgan fingerprint density at radius 2 is 1.97 bits per heavy atom. The molecule has 0 aliphatic carbocycles. The van der Waals surface area contributed by atoms with Gasteiger partial charge in [-0.3, -0.25) is 4.79 Å². The molecule has 2 aromatic heterocycles. The van der Waals surface area contributed by atoms with Gasteiger partial charge in [0.25, 0.3) is 0 Å². The molecule has 0 spiro atoms. The normalized spacial score (nSPS) is 10.1. The van der Waals surface area contributed by atoms with Crippen LogP contribution in [0.2, 0.25) is 0 Å². The number of pyridine rings is 1. The standard InChI is InChI=1S/C21H17N5O2S2/c1-28-14-6-4-13(5-7-14)25-18(27)8-10-30-21-16(12-23)19(17-3-2-9-29-17)15(11-22)20(24)26-21/h2-7,9H,8,10H2,1H3,(H2,24,26)(H,25,27). The molecule has 0 saturated carbocycles. The SMILES string of the molecule is COc1ccc(NC(=O)CCSc2nc(N)c(C#N)c(-c3cccs3)c2C#N)cc1. The minimum Gasteiger partial charge on any atom is -0.497 e. The lowest BCUT2D eigenvalue weighted by molar-refractivity contribution is -0.115. The molecule has 0 radical (unpaired) electrons. The summed E-state index contributed by atoms with van der Waals surface area (Å²) in [6.07, 6.45) is 0.220. The van der Waals surface area contributed by atoms with Crippen LogP contribution < -0.4 is 15.8 Å². The number of nitrogens with two attached hydrogens (primary N) is 1. The molecule has 0 saturated heterocycles. The third kappa shape index (κ3) is 4.71. The van der Waals surface area contributed by atoms with E-state index < -0.39 is 0 Å². The average Bonchev–Trinajstić information content (AvgIpc) is 3.28. The second-order valence-corrected chi connectivity index (χ2v) is 8.03. The van der Waals surface area contributed by atoms with E-state index in [-0.39, 0.29) is 23.7 Å². The van der Waals surface area contributed by atoms with Crippen molar-refractivity contribution in [1.82, 2.24) is 4.98 Å². The number of thiophene rings is 1. The molecule has 3 rings (SSSR count). The maximum absolute atomic E-state index is 12.2. The van der Waals surface area contributed by atoms with E-state index in [9.17, 15) is 15.3 Å². The lowest BCUT2D eigenvalue weighted by atomic mass is 10.0. The maximum atomic E-state index is 12.2. The van der Waals surface area contributed by atoms with Crippen LogP contribution in [0.15, 0.2) is 46.8 Å². The summed E-state index contributed by atoms with van der Waals surface area (Å²) in [6.45, 7) is 0. The first-order valence-corrected chi connectivity index (χ1v) is 10.7. The predicted molar refractivity (Wildman–Crippen MR) is 118 cm³/mol. The summed E-state index contributed by atoms with van der Waals surface area (Å²) in [5.74, 6) is 1.02. The van der Waals surface area contributed by atoms with Crippen molar-refractivity contribution in [1.29, 1.82) is 10.5 Å². The molecule has 30 heavy (non-hydrogen) atoms. The average molecular weight is 436 g/mol. The van der Waals surface area contributed by atoms with Gasteiger partial charge >= 0.3 is 0 Å². The molecule has 3 aromatic rings. The van der Waals surface area contributed by atoms with E-state index in [1.807, 2.05) is 23.6 Å². The van der Waals surface area contributed by atoms with Gasteiger partial charge in [0, 0.05) is 28.3 Å². The number of hydrogen-bond acceptors (Lipinski definition) is 8. The Labute approximate surface area is 182 Å². The van der Waals surface area contributed by atoms with Crippen LogP contribution in [0.5, 0.6) is 5.75 Å². The van der Waals surface area contributed by atoms with Gasteiger partial charge in [-0.25, -0.2) is 4.98 Å². The Kier molecular flexibility index (Phi) is 6.91. The molecule has 0 bridgehead atoms. The lowest BCUT2D eigenvalue weighted by Gasteiger charge is -2.11. The van der Waals surface area contributed by atoms with Gasteiger partial charge in [-0.05, 0) is 35.7 Å². The highest BCUT2D eigenvalue weighted by molar-refractivity contribution is 7.99. The smallest absolute Gasteiger partial charge is 0.225 e. The van der Waals surface area contributed by atoms with Crippen LogP contribution in [0.1, 0.15) is 17.5 Å². The van der Waals surface area contributed by atoms with Crippen LogP contribution in [0.3, 0.4) is 0 Å². The highest BCUT2D eigenvalue weighted by Crippen LogP contribution is 2.37. The number of nitrogen functional groups attached to an aromatic ring is 1. The Bertz CT molecular complexity index is 1130. The zero-order chi connectivity index (χ0) is 21.5. The van der Waals surface area contributed by atoms with Crippen molar-refractivity contribution in [2.75, 3.05) is 23.9 Å². The zero-order valence-electron chi connectivity index (χ0n) is 16.0. The first kappa shape index (κ1) is 21.2. The van der Waals surface area contributed by atoms with E-state index >= 15 is 0 Å². The van der Waals surface area contributed by atoms with Gasteiger partial charge in [0.1, 0.15) is 34.3 Å². The molecular weight excluding hydrogens is 418 g/mol. The highest BCUT2D eigenvalue weighted by Gasteiger charge is 2.21. The molecule has 0 aliphatic heterocycles. The van der Waals surface area contributed by atoms with Gasteiger partial charge in [-0.15, -0.1) is 23.1 Å². The summed E-state index contributed by atoms with van der Waals surface area (Å²) >= 11 is 2.68. The van der Waals surface area contributed by atoms with Crippen molar-refractivity contribution >= 4 is 40.5 Å². The molecule has 2 heterocycles. The third-order valence-corrected chi connectivity index (χ3v) is 5.99. The number of aromatic nitrogens is 1.